The maximum atomic E-state index is 11.8. The normalized spacial score (nSPS) is 11.9. The predicted molar refractivity (Wildman–Crippen MR) is 74.3 cm³/mol. The number of nitrogens with one attached hydrogen (secondary N) is 1. The van der Waals surface area contributed by atoms with E-state index in [1.807, 2.05) is 6.92 Å². The number of hydrogen-bond acceptors (Lipinski definition) is 3. The number of carbonyl (C=O) groups excluding carboxylic acids is 1. The quantitative estimate of drug-likeness (QED) is 0.734. The van der Waals surface area contributed by atoms with Gasteiger partial charge in [0.25, 0.3) is 0 Å². The monoisotopic (exact) mass is 264 g/mol. The highest BCUT2D eigenvalue weighted by Gasteiger charge is 2.14. The molecule has 0 aliphatic heterocycles. The summed E-state index contributed by atoms with van der Waals surface area (Å²) in [6.07, 6.45) is 1.88. The average Bonchev–Trinajstić information content (AvgIpc) is 2.31. The van der Waals surface area contributed by atoms with Crippen molar-refractivity contribution in [1.82, 2.24) is 0 Å². The summed E-state index contributed by atoms with van der Waals surface area (Å²) >= 11 is 0. The Morgan fingerprint density at radius 1 is 1.42 bits per heavy atom. The first-order valence-electron chi connectivity index (χ1n) is 6.33. The fourth-order valence-electron chi connectivity index (χ4n) is 1.86. The first-order valence-corrected chi connectivity index (χ1v) is 6.33. The highest BCUT2D eigenvalue weighted by Crippen LogP contribution is 2.18. The van der Waals surface area contributed by atoms with Crippen molar-refractivity contribution in [2.24, 2.45) is 5.73 Å². The zero-order valence-electron chi connectivity index (χ0n) is 11.3. The molecule has 0 spiro atoms. The number of hydrogen-bond donors (Lipinski definition) is 3. The molecule has 0 saturated carbocycles. The molecule has 19 heavy (non-hydrogen) atoms. The lowest BCUT2D eigenvalue weighted by atomic mass is 10.1. The van der Waals surface area contributed by atoms with Crippen LogP contribution in [0.25, 0.3) is 0 Å². The third kappa shape index (κ3) is 4.71. The summed E-state index contributed by atoms with van der Waals surface area (Å²) in [5, 5.41) is 11.7. The lowest BCUT2D eigenvalue weighted by Gasteiger charge is -2.12. The highest BCUT2D eigenvalue weighted by atomic mass is 16.4. The summed E-state index contributed by atoms with van der Waals surface area (Å²) in [6.45, 7) is 3.80. The number of carboxylic acid groups (broad SMARTS) is 1. The molecule has 0 saturated heterocycles. The number of aromatic carboxylic acids is 1. The van der Waals surface area contributed by atoms with Gasteiger partial charge in [0.1, 0.15) is 0 Å². The molecule has 0 bridgehead atoms. The zero-order valence-corrected chi connectivity index (χ0v) is 11.3. The largest absolute Gasteiger partial charge is 0.478 e. The van der Waals surface area contributed by atoms with Gasteiger partial charge in [0.05, 0.1) is 11.3 Å². The van der Waals surface area contributed by atoms with E-state index >= 15 is 0 Å². The molecule has 1 aromatic carbocycles. The Labute approximate surface area is 112 Å². The lowest BCUT2D eigenvalue weighted by molar-refractivity contribution is -0.116. The lowest BCUT2D eigenvalue weighted by Crippen LogP contribution is -2.27. The van der Waals surface area contributed by atoms with Gasteiger partial charge in [-0.2, -0.15) is 0 Å². The first-order chi connectivity index (χ1) is 8.93. The van der Waals surface area contributed by atoms with Crippen LogP contribution in [0, 0.1) is 6.92 Å². The third-order valence-corrected chi connectivity index (χ3v) is 2.79. The van der Waals surface area contributed by atoms with Gasteiger partial charge in [-0.05, 0) is 25.5 Å². The molecule has 0 heterocycles. The Bertz CT molecular complexity index is 472. The van der Waals surface area contributed by atoms with Gasteiger partial charge in [0.2, 0.25) is 5.91 Å². The van der Waals surface area contributed by atoms with Gasteiger partial charge in [-0.3, -0.25) is 4.79 Å². The Kier molecular flexibility index (Phi) is 5.51. The van der Waals surface area contributed by atoms with Crippen LogP contribution < -0.4 is 11.1 Å². The number of rotatable bonds is 6. The number of nitrogens with two attached hydrogens (primary N) is 1. The van der Waals surface area contributed by atoms with Crippen LogP contribution in [0.4, 0.5) is 5.69 Å². The van der Waals surface area contributed by atoms with Crippen LogP contribution in [0.5, 0.6) is 0 Å². The number of carbonyl (C=O) groups is 2. The fourth-order valence-corrected chi connectivity index (χ4v) is 1.86. The maximum Gasteiger partial charge on any atom is 0.337 e. The molecule has 0 aliphatic rings. The molecular formula is C14H20N2O3. The van der Waals surface area contributed by atoms with E-state index in [0.717, 1.165) is 18.4 Å². The van der Waals surface area contributed by atoms with Gasteiger partial charge in [0.15, 0.2) is 0 Å². The van der Waals surface area contributed by atoms with Crippen molar-refractivity contribution in [3.8, 4) is 0 Å². The summed E-state index contributed by atoms with van der Waals surface area (Å²) in [5.74, 6) is -1.32. The van der Waals surface area contributed by atoms with Crippen molar-refractivity contribution in [2.75, 3.05) is 5.32 Å². The molecule has 0 aromatic heterocycles. The Morgan fingerprint density at radius 2 is 2.11 bits per heavy atom. The Balaban J connectivity index is 2.76. The van der Waals surface area contributed by atoms with Crippen molar-refractivity contribution in [3.05, 3.63) is 29.3 Å². The van der Waals surface area contributed by atoms with Gasteiger partial charge in [0, 0.05) is 12.5 Å². The topological polar surface area (TPSA) is 92.4 Å². The second-order valence-electron chi connectivity index (χ2n) is 4.66. The average molecular weight is 264 g/mol. The van der Waals surface area contributed by atoms with Crippen LogP contribution in [-0.4, -0.2) is 23.0 Å². The van der Waals surface area contributed by atoms with Crippen molar-refractivity contribution in [2.45, 2.75) is 39.2 Å². The molecule has 1 aromatic rings. The van der Waals surface area contributed by atoms with Crippen LogP contribution in [0.1, 0.15) is 42.1 Å². The second-order valence-corrected chi connectivity index (χ2v) is 4.66. The van der Waals surface area contributed by atoms with E-state index in [1.165, 1.54) is 6.07 Å². The van der Waals surface area contributed by atoms with E-state index in [9.17, 15) is 9.59 Å². The van der Waals surface area contributed by atoms with Gasteiger partial charge in [-0.15, -0.1) is 0 Å². The molecule has 5 nitrogen and oxygen atoms in total. The SMILES string of the molecule is CCCC(N)CC(=O)Nc1ccc(C)cc1C(=O)O. The van der Waals surface area contributed by atoms with E-state index in [-0.39, 0.29) is 23.9 Å². The van der Waals surface area contributed by atoms with Gasteiger partial charge in [-0.1, -0.05) is 25.0 Å². The highest BCUT2D eigenvalue weighted by molar-refractivity contribution is 6.00. The van der Waals surface area contributed by atoms with E-state index < -0.39 is 5.97 Å². The molecule has 1 unspecified atom stereocenters. The summed E-state index contributed by atoms with van der Waals surface area (Å²) in [4.78, 5) is 22.9. The molecule has 4 N–H and O–H groups in total. The van der Waals surface area contributed by atoms with E-state index in [2.05, 4.69) is 5.32 Å². The number of anilines is 1. The van der Waals surface area contributed by atoms with Crippen molar-refractivity contribution < 1.29 is 14.7 Å². The van der Waals surface area contributed by atoms with E-state index in [4.69, 9.17) is 10.8 Å². The summed E-state index contributed by atoms with van der Waals surface area (Å²) in [6, 6.07) is 4.70. The Hall–Kier alpha value is -1.88. The molecule has 104 valence electrons. The molecule has 0 radical (unpaired) electrons. The van der Waals surface area contributed by atoms with Crippen LogP contribution in [0.3, 0.4) is 0 Å². The summed E-state index contributed by atoms with van der Waals surface area (Å²) < 4.78 is 0. The van der Waals surface area contributed by atoms with Crippen LogP contribution in [0.15, 0.2) is 18.2 Å². The van der Waals surface area contributed by atoms with Crippen LogP contribution in [0.2, 0.25) is 0 Å². The number of aryl methyl sites for hydroxylation is 1. The summed E-state index contributed by atoms with van der Waals surface area (Å²) in [7, 11) is 0. The van der Waals surface area contributed by atoms with E-state index in [1.54, 1.807) is 19.1 Å². The van der Waals surface area contributed by atoms with Crippen LogP contribution >= 0.6 is 0 Å². The molecule has 0 fully saturated rings. The fraction of sp³-hybridized carbons (Fsp3) is 0.429. The van der Waals surface area contributed by atoms with Gasteiger partial charge in [-0.25, -0.2) is 4.79 Å². The second kappa shape index (κ2) is 6.89. The standard InChI is InChI=1S/C14H20N2O3/c1-3-4-10(15)8-13(17)16-12-6-5-9(2)7-11(12)14(18)19/h5-7,10H,3-4,8,15H2,1-2H3,(H,16,17)(H,18,19). The first kappa shape index (κ1) is 15.2. The van der Waals surface area contributed by atoms with Crippen molar-refractivity contribution in [1.29, 1.82) is 0 Å². The molecular weight excluding hydrogens is 244 g/mol. The van der Waals surface area contributed by atoms with Gasteiger partial charge >= 0.3 is 5.97 Å². The zero-order chi connectivity index (χ0) is 14.4. The predicted octanol–water partition coefficient (Wildman–Crippen LogP) is 2.15. The molecule has 0 aliphatic carbocycles. The van der Waals surface area contributed by atoms with Crippen LogP contribution in [-0.2, 0) is 4.79 Å². The minimum atomic E-state index is -1.06. The van der Waals surface area contributed by atoms with E-state index in [0.29, 0.717) is 5.69 Å². The molecule has 1 atom stereocenters. The smallest absolute Gasteiger partial charge is 0.337 e. The number of carboxylic acids is 1. The Morgan fingerprint density at radius 3 is 2.68 bits per heavy atom. The van der Waals surface area contributed by atoms with Crippen molar-refractivity contribution in [3.63, 3.8) is 0 Å². The molecule has 5 heteroatoms. The third-order valence-electron chi connectivity index (χ3n) is 2.79. The number of amides is 1. The van der Waals surface area contributed by atoms with Gasteiger partial charge < -0.3 is 16.2 Å². The minimum Gasteiger partial charge on any atom is -0.478 e. The maximum absolute atomic E-state index is 11.8. The van der Waals surface area contributed by atoms with Crippen molar-refractivity contribution >= 4 is 17.6 Å². The molecule has 1 rings (SSSR count). The summed E-state index contributed by atoms with van der Waals surface area (Å²) in [5.41, 5.74) is 7.02. The number of benzene rings is 1. The molecule has 1 amide bonds. The minimum absolute atomic E-state index is 0.0948.